The van der Waals surface area contributed by atoms with Gasteiger partial charge < -0.3 is 0 Å². The number of rotatable bonds is 2. The Bertz CT molecular complexity index is 390. The van der Waals surface area contributed by atoms with Gasteiger partial charge in [0.25, 0.3) is 0 Å². The van der Waals surface area contributed by atoms with Gasteiger partial charge in [0, 0.05) is 11.0 Å². The van der Waals surface area contributed by atoms with Gasteiger partial charge in [-0.2, -0.15) is 0 Å². The van der Waals surface area contributed by atoms with Crippen LogP contribution in [-0.2, 0) is 0 Å². The number of hydrogen-bond donors (Lipinski definition) is 1. The summed E-state index contributed by atoms with van der Waals surface area (Å²) in [5.74, 6) is 5.93. The van der Waals surface area contributed by atoms with Crippen LogP contribution in [0.15, 0.2) is 30.3 Å². The van der Waals surface area contributed by atoms with Crippen LogP contribution in [0.3, 0.4) is 0 Å². The highest BCUT2D eigenvalue weighted by molar-refractivity contribution is 6.02. The van der Waals surface area contributed by atoms with Crippen molar-refractivity contribution in [1.29, 1.82) is 5.41 Å². The Kier molecular flexibility index (Phi) is 3.68. The topological polar surface area (TPSA) is 23.9 Å². The van der Waals surface area contributed by atoms with E-state index in [2.05, 4.69) is 32.6 Å². The van der Waals surface area contributed by atoms with Gasteiger partial charge in [0.05, 0.1) is 5.71 Å². The Labute approximate surface area is 92.0 Å². The maximum absolute atomic E-state index is 7.87. The van der Waals surface area contributed by atoms with Crippen molar-refractivity contribution in [2.45, 2.75) is 27.2 Å². The largest absolute Gasteiger partial charge is 0.296 e. The molecule has 0 aromatic heterocycles. The van der Waals surface area contributed by atoms with Gasteiger partial charge in [0.2, 0.25) is 0 Å². The van der Waals surface area contributed by atoms with Crippen LogP contribution in [0, 0.1) is 22.7 Å². The van der Waals surface area contributed by atoms with Gasteiger partial charge in [0.1, 0.15) is 0 Å². The molecule has 0 saturated carbocycles. The smallest absolute Gasteiger partial charge is 0.0869 e. The number of nitrogens with one attached hydrogen (secondary N) is 1. The van der Waals surface area contributed by atoms with E-state index in [-0.39, 0.29) is 5.41 Å². The van der Waals surface area contributed by atoms with Gasteiger partial charge in [-0.1, -0.05) is 44.9 Å². The Balaban J connectivity index is 2.80. The molecule has 0 amide bonds. The van der Waals surface area contributed by atoms with Crippen LogP contribution in [0.5, 0.6) is 0 Å². The third-order valence-corrected chi connectivity index (χ3v) is 2.67. The first-order valence-corrected chi connectivity index (χ1v) is 5.22. The second-order valence-corrected chi connectivity index (χ2v) is 4.23. The molecule has 1 aromatic carbocycles. The van der Waals surface area contributed by atoms with E-state index in [0.29, 0.717) is 5.71 Å². The van der Waals surface area contributed by atoms with Gasteiger partial charge in [0.15, 0.2) is 0 Å². The van der Waals surface area contributed by atoms with Crippen LogP contribution in [-0.4, -0.2) is 5.71 Å². The fourth-order valence-corrected chi connectivity index (χ4v) is 1.00. The van der Waals surface area contributed by atoms with Crippen LogP contribution in [0.25, 0.3) is 0 Å². The van der Waals surface area contributed by atoms with Gasteiger partial charge >= 0.3 is 0 Å². The highest BCUT2D eigenvalue weighted by Gasteiger charge is 2.19. The minimum atomic E-state index is -0.109. The van der Waals surface area contributed by atoms with Gasteiger partial charge in [-0.05, 0) is 24.5 Å². The van der Waals surface area contributed by atoms with E-state index in [0.717, 1.165) is 12.0 Å². The molecule has 0 unspecified atom stereocenters. The molecule has 1 aromatic rings. The van der Waals surface area contributed by atoms with Crippen molar-refractivity contribution in [2.24, 2.45) is 5.41 Å². The van der Waals surface area contributed by atoms with E-state index in [1.165, 1.54) is 0 Å². The van der Waals surface area contributed by atoms with Crippen molar-refractivity contribution >= 4 is 5.71 Å². The van der Waals surface area contributed by atoms with Crippen LogP contribution in [0.2, 0.25) is 0 Å². The maximum Gasteiger partial charge on any atom is 0.0869 e. The second kappa shape index (κ2) is 4.79. The highest BCUT2D eigenvalue weighted by Crippen LogP contribution is 2.20. The SMILES string of the molecule is CCC(C)(C)C(=N)C#Cc1ccccc1. The number of benzene rings is 1. The fourth-order valence-electron chi connectivity index (χ4n) is 1.00. The van der Waals surface area contributed by atoms with E-state index in [9.17, 15) is 0 Å². The summed E-state index contributed by atoms with van der Waals surface area (Å²) in [5, 5.41) is 7.87. The van der Waals surface area contributed by atoms with Crippen LogP contribution in [0.4, 0.5) is 0 Å². The zero-order chi connectivity index (χ0) is 11.3. The summed E-state index contributed by atoms with van der Waals surface area (Å²) in [4.78, 5) is 0. The first-order valence-electron chi connectivity index (χ1n) is 5.22. The van der Waals surface area contributed by atoms with Gasteiger partial charge in [-0.3, -0.25) is 5.41 Å². The van der Waals surface area contributed by atoms with E-state index >= 15 is 0 Å². The predicted octanol–water partition coefficient (Wildman–Crippen LogP) is 3.49. The zero-order valence-corrected chi connectivity index (χ0v) is 9.59. The minimum absolute atomic E-state index is 0.109. The average Bonchev–Trinajstić information content (AvgIpc) is 2.27. The molecule has 0 fully saturated rings. The molecule has 78 valence electrons. The molecule has 0 aliphatic carbocycles. The second-order valence-electron chi connectivity index (χ2n) is 4.23. The summed E-state index contributed by atoms with van der Waals surface area (Å²) in [7, 11) is 0. The lowest BCUT2D eigenvalue weighted by atomic mass is 9.85. The molecule has 1 rings (SSSR count). The Morgan fingerprint density at radius 1 is 1.27 bits per heavy atom. The lowest BCUT2D eigenvalue weighted by molar-refractivity contribution is 0.504. The molecule has 1 heteroatoms. The van der Waals surface area contributed by atoms with Crippen LogP contribution in [0.1, 0.15) is 32.8 Å². The van der Waals surface area contributed by atoms with Crippen molar-refractivity contribution in [1.82, 2.24) is 0 Å². The van der Waals surface area contributed by atoms with Crippen molar-refractivity contribution in [2.75, 3.05) is 0 Å². The van der Waals surface area contributed by atoms with E-state index in [4.69, 9.17) is 5.41 Å². The third-order valence-electron chi connectivity index (χ3n) is 2.67. The molecule has 0 radical (unpaired) electrons. The number of hydrogen-bond acceptors (Lipinski definition) is 1. The minimum Gasteiger partial charge on any atom is -0.296 e. The summed E-state index contributed by atoms with van der Waals surface area (Å²) in [6.45, 7) is 6.18. The van der Waals surface area contributed by atoms with Crippen molar-refractivity contribution in [3.05, 3.63) is 35.9 Å². The molecule has 15 heavy (non-hydrogen) atoms. The quantitative estimate of drug-likeness (QED) is 0.557. The zero-order valence-electron chi connectivity index (χ0n) is 9.59. The van der Waals surface area contributed by atoms with E-state index < -0.39 is 0 Å². The molecular weight excluding hydrogens is 182 g/mol. The lowest BCUT2D eigenvalue weighted by Gasteiger charge is -2.19. The van der Waals surface area contributed by atoms with Gasteiger partial charge in [-0.25, -0.2) is 0 Å². The Morgan fingerprint density at radius 3 is 2.40 bits per heavy atom. The monoisotopic (exact) mass is 199 g/mol. The molecule has 0 saturated heterocycles. The molecule has 0 heterocycles. The molecule has 0 atom stereocenters. The summed E-state index contributed by atoms with van der Waals surface area (Å²) in [5.41, 5.74) is 1.37. The Morgan fingerprint density at radius 2 is 1.87 bits per heavy atom. The van der Waals surface area contributed by atoms with Gasteiger partial charge in [-0.15, -0.1) is 0 Å². The van der Waals surface area contributed by atoms with Crippen LogP contribution >= 0.6 is 0 Å². The summed E-state index contributed by atoms with van der Waals surface area (Å²) in [6, 6.07) is 9.79. The lowest BCUT2D eigenvalue weighted by Crippen LogP contribution is -2.20. The predicted molar refractivity (Wildman–Crippen MR) is 65.1 cm³/mol. The first kappa shape index (κ1) is 11.5. The highest BCUT2D eigenvalue weighted by atomic mass is 14.5. The molecule has 0 spiro atoms. The Hall–Kier alpha value is -1.55. The van der Waals surface area contributed by atoms with E-state index in [1.54, 1.807) is 0 Å². The maximum atomic E-state index is 7.87. The first-order chi connectivity index (χ1) is 7.06. The summed E-state index contributed by atoms with van der Waals surface area (Å²) in [6.07, 6.45) is 0.940. The van der Waals surface area contributed by atoms with Crippen LogP contribution < -0.4 is 0 Å². The third kappa shape index (κ3) is 3.25. The normalized spacial score (nSPS) is 10.3. The standard InChI is InChI=1S/C14H17N/c1-4-14(2,3)13(15)11-10-12-8-6-5-7-9-12/h5-9,15H,4H2,1-3H3. The fraction of sp³-hybridized carbons (Fsp3) is 0.357. The molecule has 1 N–H and O–H groups in total. The van der Waals surface area contributed by atoms with Crippen molar-refractivity contribution < 1.29 is 0 Å². The van der Waals surface area contributed by atoms with Crippen molar-refractivity contribution in [3.63, 3.8) is 0 Å². The van der Waals surface area contributed by atoms with E-state index in [1.807, 2.05) is 30.3 Å². The van der Waals surface area contributed by atoms with Crippen molar-refractivity contribution in [3.8, 4) is 11.8 Å². The molecule has 0 aliphatic rings. The summed E-state index contributed by atoms with van der Waals surface area (Å²) < 4.78 is 0. The molecule has 1 nitrogen and oxygen atoms in total. The molecule has 0 aliphatic heterocycles. The summed E-state index contributed by atoms with van der Waals surface area (Å²) >= 11 is 0. The average molecular weight is 199 g/mol. The molecule has 0 bridgehead atoms. The molecular formula is C14H17N.